The lowest BCUT2D eigenvalue weighted by atomic mass is 10.3. The maximum absolute atomic E-state index is 13.3. The SMILES string of the molecule is CCCCNC(=O)c1csc(CN(CCCC)C(=O)Nc2ccc(F)c(Cl)c2)n1. The molecule has 3 amide bonds. The van der Waals surface area contributed by atoms with Crippen molar-refractivity contribution in [2.75, 3.05) is 18.4 Å². The van der Waals surface area contributed by atoms with Gasteiger partial charge in [-0.25, -0.2) is 14.2 Å². The first-order valence-corrected chi connectivity index (χ1v) is 10.9. The van der Waals surface area contributed by atoms with Crippen LogP contribution in [0.4, 0.5) is 14.9 Å². The molecule has 0 radical (unpaired) electrons. The van der Waals surface area contributed by atoms with Crippen LogP contribution in [0.5, 0.6) is 0 Å². The highest BCUT2D eigenvalue weighted by atomic mass is 35.5. The van der Waals surface area contributed by atoms with E-state index in [1.54, 1.807) is 10.3 Å². The molecule has 0 saturated heterocycles. The summed E-state index contributed by atoms with van der Waals surface area (Å²) < 4.78 is 13.3. The molecule has 29 heavy (non-hydrogen) atoms. The maximum atomic E-state index is 13.3. The zero-order valence-corrected chi connectivity index (χ0v) is 18.2. The first-order chi connectivity index (χ1) is 13.9. The molecular formula is C20H26ClFN4O2S. The summed E-state index contributed by atoms with van der Waals surface area (Å²) >= 11 is 7.12. The molecule has 1 heterocycles. The number of carbonyl (C=O) groups is 2. The molecule has 9 heteroatoms. The van der Waals surface area contributed by atoms with Crippen molar-refractivity contribution in [2.45, 2.75) is 46.1 Å². The summed E-state index contributed by atoms with van der Waals surface area (Å²) in [4.78, 5) is 30.8. The normalized spacial score (nSPS) is 10.6. The molecule has 2 rings (SSSR count). The number of unbranched alkanes of at least 4 members (excludes halogenated alkanes) is 2. The molecular weight excluding hydrogens is 415 g/mol. The van der Waals surface area contributed by atoms with E-state index in [4.69, 9.17) is 11.6 Å². The van der Waals surface area contributed by atoms with Crippen LogP contribution in [0.25, 0.3) is 0 Å². The Morgan fingerprint density at radius 2 is 2.00 bits per heavy atom. The lowest BCUT2D eigenvalue weighted by molar-refractivity contribution is 0.0948. The molecule has 0 bridgehead atoms. The highest BCUT2D eigenvalue weighted by Crippen LogP contribution is 2.20. The summed E-state index contributed by atoms with van der Waals surface area (Å²) in [6, 6.07) is 3.71. The number of thiazole rings is 1. The highest BCUT2D eigenvalue weighted by Gasteiger charge is 2.18. The molecule has 1 aromatic carbocycles. The van der Waals surface area contributed by atoms with Crippen molar-refractivity contribution in [2.24, 2.45) is 0 Å². The second-order valence-electron chi connectivity index (χ2n) is 6.57. The Labute approximate surface area is 179 Å². The highest BCUT2D eigenvalue weighted by molar-refractivity contribution is 7.09. The molecule has 0 aliphatic rings. The second-order valence-corrected chi connectivity index (χ2v) is 7.92. The number of nitrogens with zero attached hydrogens (tertiary/aromatic N) is 2. The molecule has 1 aromatic heterocycles. The minimum atomic E-state index is -0.542. The maximum Gasteiger partial charge on any atom is 0.322 e. The van der Waals surface area contributed by atoms with Gasteiger partial charge in [-0.05, 0) is 31.0 Å². The van der Waals surface area contributed by atoms with Gasteiger partial charge in [0.05, 0.1) is 11.6 Å². The Morgan fingerprint density at radius 3 is 2.69 bits per heavy atom. The molecule has 2 aromatic rings. The Bertz CT molecular complexity index is 831. The van der Waals surface area contributed by atoms with Gasteiger partial charge in [0.15, 0.2) is 0 Å². The van der Waals surface area contributed by atoms with Crippen molar-refractivity contribution in [3.63, 3.8) is 0 Å². The number of hydrogen-bond acceptors (Lipinski definition) is 4. The Balaban J connectivity index is 2.03. The number of hydrogen-bond donors (Lipinski definition) is 2. The summed E-state index contributed by atoms with van der Waals surface area (Å²) in [5, 5.41) is 7.89. The molecule has 0 aliphatic carbocycles. The second kappa shape index (κ2) is 11.7. The molecule has 0 aliphatic heterocycles. The fraction of sp³-hybridized carbons (Fsp3) is 0.450. The first-order valence-electron chi connectivity index (χ1n) is 9.68. The van der Waals surface area contributed by atoms with Gasteiger partial charge in [0.1, 0.15) is 16.5 Å². The van der Waals surface area contributed by atoms with Crippen LogP contribution >= 0.6 is 22.9 Å². The third-order valence-corrected chi connectivity index (χ3v) is 5.29. The summed E-state index contributed by atoms with van der Waals surface area (Å²) in [5.41, 5.74) is 0.778. The third kappa shape index (κ3) is 7.29. The van der Waals surface area contributed by atoms with E-state index in [0.29, 0.717) is 29.5 Å². The number of rotatable bonds is 10. The molecule has 0 unspecified atom stereocenters. The van der Waals surface area contributed by atoms with Gasteiger partial charge in [0.2, 0.25) is 0 Å². The minimum Gasteiger partial charge on any atom is -0.351 e. The number of halogens is 2. The van der Waals surface area contributed by atoms with Crippen LogP contribution in [0.2, 0.25) is 5.02 Å². The van der Waals surface area contributed by atoms with E-state index >= 15 is 0 Å². The zero-order valence-electron chi connectivity index (χ0n) is 16.6. The number of amides is 3. The first kappa shape index (κ1) is 23.1. The van der Waals surface area contributed by atoms with Gasteiger partial charge >= 0.3 is 6.03 Å². The zero-order chi connectivity index (χ0) is 21.2. The minimum absolute atomic E-state index is 0.0541. The van der Waals surface area contributed by atoms with Crippen molar-refractivity contribution < 1.29 is 14.0 Å². The predicted octanol–water partition coefficient (Wildman–Crippen LogP) is 5.30. The standard InChI is InChI=1S/C20H26ClFN4O2S/c1-3-5-9-23-19(27)17-13-29-18(25-17)12-26(10-6-4-2)20(28)24-14-7-8-16(22)15(21)11-14/h7-8,11,13H,3-6,9-10,12H2,1-2H3,(H,23,27)(H,24,28). The van der Waals surface area contributed by atoms with Gasteiger partial charge in [-0.3, -0.25) is 4.79 Å². The van der Waals surface area contributed by atoms with E-state index in [9.17, 15) is 14.0 Å². The topological polar surface area (TPSA) is 74.3 Å². The van der Waals surface area contributed by atoms with Crippen LogP contribution in [0, 0.1) is 5.82 Å². The number of benzene rings is 1. The molecule has 2 N–H and O–H groups in total. The monoisotopic (exact) mass is 440 g/mol. The lowest BCUT2D eigenvalue weighted by Gasteiger charge is -2.22. The van der Waals surface area contributed by atoms with E-state index in [1.165, 1.54) is 29.5 Å². The summed E-state index contributed by atoms with van der Waals surface area (Å²) in [5.74, 6) is -0.744. The van der Waals surface area contributed by atoms with Gasteiger partial charge in [-0.2, -0.15) is 0 Å². The van der Waals surface area contributed by atoms with Gasteiger partial charge in [0.25, 0.3) is 5.91 Å². The number of nitrogens with one attached hydrogen (secondary N) is 2. The van der Waals surface area contributed by atoms with Gasteiger partial charge in [0, 0.05) is 24.2 Å². The number of carbonyl (C=O) groups excluding carboxylic acids is 2. The van der Waals surface area contributed by atoms with Gasteiger partial charge < -0.3 is 15.5 Å². The molecule has 0 saturated carbocycles. The third-order valence-electron chi connectivity index (χ3n) is 4.17. The fourth-order valence-electron chi connectivity index (χ4n) is 2.50. The Hall–Kier alpha value is -2.19. The van der Waals surface area contributed by atoms with E-state index in [1.807, 2.05) is 6.92 Å². The average Bonchev–Trinajstić information content (AvgIpc) is 3.16. The van der Waals surface area contributed by atoms with Crippen molar-refractivity contribution >= 4 is 40.6 Å². The van der Waals surface area contributed by atoms with Crippen LogP contribution in [0.1, 0.15) is 55.0 Å². The number of anilines is 1. The summed E-state index contributed by atoms with van der Waals surface area (Å²) in [6.07, 6.45) is 3.67. The van der Waals surface area contributed by atoms with Crippen LogP contribution in [0.15, 0.2) is 23.6 Å². The van der Waals surface area contributed by atoms with Crippen molar-refractivity contribution in [1.82, 2.24) is 15.2 Å². The van der Waals surface area contributed by atoms with Crippen LogP contribution in [-0.4, -0.2) is 34.9 Å². The smallest absolute Gasteiger partial charge is 0.322 e. The predicted molar refractivity (Wildman–Crippen MR) is 115 cm³/mol. The van der Waals surface area contributed by atoms with Crippen molar-refractivity contribution in [3.05, 3.63) is 45.1 Å². The van der Waals surface area contributed by atoms with Crippen LogP contribution in [0.3, 0.4) is 0 Å². The summed E-state index contributed by atoms with van der Waals surface area (Å²) in [6.45, 7) is 5.54. The largest absolute Gasteiger partial charge is 0.351 e. The number of aromatic nitrogens is 1. The van der Waals surface area contributed by atoms with Gasteiger partial charge in [-0.15, -0.1) is 11.3 Å². The van der Waals surface area contributed by atoms with E-state index in [0.717, 1.165) is 25.7 Å². The molecule has 0 spiro atoms. The van der Waals surface area contributed by atoms with Crippen LogP contribution < -0.4 is 10.6 Å². The average molecular weight is 441 g/mol. The Morgan fingerprint density at radius 1 is 1.24 bits per heavy atom. The van der Waals surface area contributed by atoms with Crippen molar-refractivity contribution in [1.29, 1.82) is 0 Å². The van der Waals surface area contributed by atoms with Crippen molar-refractivity contribution in [3.8, 4) is 0 Å². The van der Waals surface area contributed by atoms with Gasteiger partial charge in [-0.1, -0.05) is 38.3 Å². The van der Waals surface area contributed by atoms with E-state index < -0.39 is 5.82 Å². The Kier molecular flexibility index (Phi) is 9.34. The molecule has 158 valence electrons. The quantitative estimate of drug-likeness (QED) is 0.492. The van der Waals surface area contributed by atoms with Crippen LogP contribution in [-0.2, 0) is 6.54 Å². The summed E-state index contributed by atoms with van der Waals surface area (Å²) in [7, 11) is 0. The van der Waals surface area contributed by atoms with E-state index in [-0.39, 0.29) is 23.5 Å². The number of urea groups is 1. The lowest BCUT2D eigenvalue weighted by Crippen LogP contribution is -2.35. The molecule has 0 atom stereocenters. The van der Waals surface area contributed by atoms with E-state index in [2.05, 4.69) is 22.5 Å². The fourth-order valence-corrected chi connectivity index (χ4v) is 3.47. The molecule has 6 nitrogen and oxygen atoms in total. The molecule has 0 fully saturated rings.